The summed E-state index contributed by atoms with van der Waals surface area (Å²) in [6.07, 6.45) is 0. The second-order valence-electron chi connectivity index (χ2n) is 6.61. The Hall–Kier alpha value is -2.64. The van der Waals surface area contributed by atoms with Gasteiger partial charge in [0.05, 0.1) is 31.1 Å². The van der Waals surface area contributed by atoms with Gasteiger partial charge in [0.15, 0.2) is 6.04 Å². The van der Waals surface area contributed by atoms with Crippen molar-refractivity contribution in [2.24, 2.45) is 0 Å². The van der Waals surface area contributed by atoms with E-state index in [-0.39, 0.29) is 17.6 Å². The standard InChI is InChI=1S/C19H21ClN4O3/c1-14(19(25)21-16-5-3-2-4-6-16)22-9-11-23(12-10-22)17-8-7-15(20)13-18(17)24(26)27/h2-8,13-14H,9-12H2,1H3,(H,21,25)/p+1/t14-/m0/s1. The number of hydrogen-bond donors (Lipinski definition) is 2. The summed E-state index contributed by atoms with van der Waals surface area (Å²) in [5.74, 6) is -0.0258. The number of carbonyl (C=O) groups is 1. The van der Waals surface area contributed by atoms with Gasteiger partial charge in [0.2, 0.25) is 0 Å². The molecular weight excluding hydrogens is 368 g/mol. The minimum Gasteiger partial charge on any atom is -0.355 e. The van der Waals surface area contributed by atoms with Crippen molar-refractivity contribution in [2.75, 3.05) is 36.4 Å². The zero-order valence-electron chi connectivity index (χ0n) is 15.0. The topological polar surface area (TPSA) is 79.9 Å². The Bertz CT molecular complexity index is 823. The third kappa shape index (κ3) is 4.56. The van der Waals surface area contributed by atoms with E-state index in [4.69, 9.17) is 11.6 Å². The minimum atomic E-state index is -0.406. The summed E-state index contributed by atoms with van der Waals surface area (Å²) >= 11 is 5.89. The molecule has 0 saturated carbocycles. The number of nitrogens with zero attached hydrogens (tertiary/aromatic N) is 2. The molecule has 0 bridgehead atoms. The molecule has 2 aromatic rings. The molecule has 1 aliphatic heterocycles. The first-order valence-corrected chi connectivity index (χ1v) is 9.23. The third-order valence-electron chi connectivity index (χ3n) is 4.93. The van der Waals surface area contributed by atoms with Crippen LogP contribution in [0.25, 0.3) is 0 Å². The van der Waals surface area contributed by atoms with Crippen LogP contribution >= 0.6 is 11.6 Å². The van der Waals surface area contributed by atoms with Gasteiger partial charge >= 0.3 is 0 Å². The smallest absolute Gasteiger partial charge is 0.294 e. The van der Waals surface area contributed by atoms with E-state index in [2.05, 4.69) is 5.32 Å². The van der Waals surface area contributed by atoms with Gasteiger partial charge in [0.1, 0.15) is 5.69 Å². The zero-order chi connectivity index (χ0) is 19.4. The number of para-hydroxylation sites is 1. The lowest BCUT2D eigenvalue weighted by Gasteiger charge is -2.35. The number of anilines is 2. The number of hydrogen-bond acceptors (Lipinski definition) is 4. The predicted molar refractivity (Wildman–Crippen MR) is 106 cm³/mol. The maximum atomic E-state index is 12.5. The van der Waals surface area contributed by atoms with Crippen molar-refractivity contribution in [1.29, 1.82) is 0 Å². The van der Waals surface area contributed by atoms with E-state index in [9.17, 15) is 14.9 Å². The number of piperazine rings is 1. The molecule has 27 heavy (non-hydrogen) atoms. The van der Waals surface area contributed by atoms with E-state index < -0.39 is 4.92 Å². The fourth-order valence-corrected chi connectivity index (χ4v) is 3.50. The molecule has 0 spiro atoms. The predicted octanol–water partition coefficient (Wildman–Crippen LogP) is 1.98. The van der Waals surface area contributed by atoms with Gasteiger partial charge in [-0.05, 0) is 31.2 Å². The van der Waals surface area contributed by atoms with Crippen LogP contribution in [0.5, 0.6) is 0 Å². The van der Waals surface area contributed by atoms with Crippen LogP contribution in [0.15, 0.2) is 48.5 Å². The van der Waals surface area contributed by atoms with Gasteiger partial charge in [-0.25, -0.2) is 0 Å². The SMILES string of the molecule is C[C@@H](C(=O)Nc1ccccc1)[NH+]1CCN(c2ccc(Cl)cc2[N+](=O)[O-])CC1. The highest BCUT2D eigenvalue weighted by Crippen LogP contribution is 2.30. The van der Waals surface area contributed by atoms with E-state index in [0.717, 1.165) is 23.7 Å². The molecule has 3 rings (SSSR count). The minimum absolute atomic E-state index is 0.0146. The number of amides is 1. The summed E-state index contributed by atoms with van der Waals surface area (Å²) in [6, 6.07) is 13.9. The lowest BCUT2D eigenvalue weighted by Crippen LogP contribution is -3.19. The molecule has 2 aromatic carbocycles. The summed E-state index contributed by atoms with van der Waals surface area (Å²) in [4.78, 5) is 26.6. The fourth-order valence-electron chi connectivity index (χ4n) is 3.34. The van der Waals surface area contributed by atoms with Gasteiger partial charge in [0, 0.05) is 16.8 Å². The molecule has 1 amide bonds. The number of halogens is 1. The summed E-state index contributed by atoms with van der Waals surface area (Å²) in [6.45, 7) is 4.64. The fraction of sp³-hybridized carbons (Fsp3) is 0.316. The number of quaternary nitrogens is 1. The van der Waals surface area contributed by atoms with Crippen molar-refractivity contribution in [3.8, 4) is 0 Å². The first kappa shape index (κ1) is 19.1. The Balaban J connectivity index is 1.62. The third-order valence-corrected chi connectivity index (χ3v) is 5.16. The van der Waals surface area contributed by atoms with Crippen LogP contribution in [-0.4, -0.2) is 43.1 Å². The van der Waals surface area contributed by atoms with Crippen molar-refractivity contribution >= 4 is 34.6 Å². The van der Waals surface area contributed by atoms with Crippen molar-refractivity contribution in [1.82, 2.24) is 0 Å². The van der Waals surface area contributed by atoms with Gasteiger partial charge in [-0.3, -0.25) is 14.9 Å². The molecule has 142 valence electrons. The van der Waals surface area contributed by atoms with Crippen LogP contribution in [0.4, 0.5) is 17.1 Å². The molecule has 1 atom stereocenters. The molecule has 8 heteroatoms. The van der Waals surface area contributed by atoms with Gasteiger partial charge in [-0.1, -0.05) is 29.8 Å². The van der Waals surface area contributed by atoms with Crippen molar-refractivity contribution < 1.29 is 14.6 Å². The van der Waals surface area contributed by atoms with Crippen LogP contribution in [0.2, 0.25) is 5.02 Å². The van der Waals surface area contributed by atoms with Crippen molar-refractivity contribution in [2.45, 2.75) is 13.0 Å². The van der Waals surface area contributed by atoms with Crippen LogP contribution in [0.1, 0.15) is 6.92 Å². The second-order valence-corrected chi connectivity index (χ2v) is 7.05. The van der Waals surface area contributed by atoms with Crippen molar-refractivity contribution in [3.63, 3.8) is 0 Å². The Morgan fingerprint density at radius 1 is 1.22 bits per heavy atom. The van der Waals surface area contributed by atoms with E-state index in [1.165, 1.54) is 6.07 Å². The van der Waals surface area contributed by atoms with E-state index >= 15 is 0 Å². The van der Waals surface area contributed by atoms with Crippen LogP contribution in [0.3, 0.4) is 0 Å². The van der Waals surface area contributed by atoms with Crippen LogP contribution < -0.4 is 15.1 Å². The monoisotopic (exact) mass is 389 g/mol. The maximum absolute atomic E-state index is 12.5. The number of carbonyl (C=O) groups excluding carboxylic acids is 1. The van der Waals surface area contributed by atoms with E-state index in [0.29, 0.717) is 23.8 Å². The highest BCUT2D eigenvalue weighted by atomic mass is 35.5. The van der Waals surface area contributed by atoms with Gasteiger partial charge in [-0.15, -0.1) is 0 Å². The molecule has 0 unspecified atom stereocenters. The average molecular weight is 390 g/mol. The molecular formula is C19H22ClN4O3+. The Morgan fingerprint density at radius 2 is 1.89 bits per heavy atom. The molecule has 1 saturated heterocycles. The summed E-state index contributed by atoms with van der Waals surface area (Å²) in [5, 5.41) is 14.6. The summed E-state index contributed by atoms with van der Waals surface area (Å²) in [7, 11) is 0. The van der Waals surface area contributed by atoms with Crippen LogP contribution in [-0.2, 0) is 4.79 Å². The normalized spacial score (nSPS) is 16.0. The summed E-state index contributed by atoms with van der Waals surface area (Å²) in [5.41, 5.74) is 1.37. The largest absolute Gasteiger partial charge is 0.355 e. The van der Waals surface area contributed by atoms with Crippen molar-refractivity contribution in [3.05, 3.63) is 63.7 Å². The van der Waals surface area contributed by atoms with E-state index in [1.54, 1.807) is 12.1 Å². The number of benzene rings is 2. The number of rotatable bonds is 5. The van der Waals surface area contributed by atoms with Gasteiger partial charge in [-0.2, -0.15) is 0 Å². The highest BCUT2D eigenvalue weighted by Gasteiger charge is 2.31. The van der Waals surface area contributed by atoms with E-state index in [1.807, 2.05) is 42.2 Å². The Morgan fingerprint density at radius 3 is 2.52 bits per heavy atom. The molecule has 0 aromatic heterocycles. The quantitative estimate of drug-likeness (QED) is 0.605. The molecule has 1 aliphatic rings. The number of nitro groups is 1. The zero-order valence-corrected chi connectivity index (χ0v) is 15.8. The second kappa shape index (κ2) is 8.37. The lowest BCUT2D eigenvalue weighted by atomic mass is 10.1. The molecule has 1 heterocycles. The molecule has 1 fully saturated rings. The first-order valence-electron chi connectivity index (χ1n) is 8.85. The molecule has 2 N–H and O–H groups in total. The number of nitro benzene ring substituents is 1. The Labute approximate surface area is 162 Å². The Kier molecular flexibility index (Phi) is 5.93. The van der Waals surface area contributed by atoms with Gasteiger partial charge < -0.3 is 15.1 Å². The molecule has 0 radical (unpaired) electrons. The first-order chi connectivity index (χ1) is 13.0. The van der Waals surface area contributed by atoms with Gasteiger partial charge in [0.25, 0.3) is 11.6 Å². The average Bonchev–Trinajstić information content (AvgIpc) is 2.68. The maximum Gasteiger partial charge on any atom is 0.294 e. The lowest BCUT2D eigenvalue weighted by molar-refractivity contribution is -0.914. The highest BCUT2D eigenvalue weighted by molar-refractivity contribution is 6.30. The molecule has 0 aliphatic carbocycles. The molecule has 7 nitrogen and oxygen atoms in total. The number of nitrogens with one attached hydrogen (secondary N) is 2. The van der Waals surface area contributed by atoms with Crippen LogP contribution in [0, 0.1) is 10.1 Å². The summed E-state index contributed by atoms with van der Waals surface area (Å²) < 4.78 is 0.